The molecule has 22 heavy (non-hydrogen) atoms. The largest absolute Gasteiger partial charge is 0.508 e. The first-order chi connectivity index (χ1) is 10.5. The topological polar surface area (TPSA) is 62.9 Å². The lowest BCUT2D eigenvalue weighted by molar-refractivity contribution is -0.0525. The van der Waals surface area contributed by atoms with Crippen LogP contribution < -0.4 is 5.63 Å². The molecule has 0 saturated carbocycles. The van der Waals surface area contributed by atoms with Gasteiger partial charge in [-0.2, -0.15) is 0 Å². The van der Waals surface area contributed by atoms with Crippen LogP contribution in [0.25, 0.3) is 11.0 Å². The van der Waals surface area contributed by atoms with Crippen molar-refractivity contribution in [3.8, 4) is 5.75 Å². The maximum atomic E-state index is 11.9. The van der Waals surface area contributed by atoms with Crippen molar-refractivity contribution < 1.29 is 14.3 Å². The maximum absolute atomic E-state index is 11.9. The highest BCUT2D eigenvalue weighted by molar-refractivity contribution is 5.84. The first-order valence-corrected chi connectivity index (χ1v) is 7.56. The SMILES string of the molecule is Cc1c(O)ccc2c(CN3C[C@@H](C)OC[C@H]3C)cc(=O)oc12. The molecular weight excluding hydrogens is 282 g/mol. The minimum atomic E-state index is -0.384. The number of nitrogens with zero attached hydrogens (tertiary/aromatic N) is 1. The molecule has 0 unspecified atom stereocenters. The second-order valence-electron chi connectivity index (χ2n) is 6.10. The van der Waals surface area contributed by atoms with E-state index in [9.17, 15) is 9.90 Å². The van der Waals surface area contributed by atoms with Crippen LogP contribution in [0, 0.1) is 6.92 Å². The summed E-state index contributed by atoms with van der Waals surface area (Å²) in [5, 5.41) is 10.7. The lowest BCUT2D eigenvalue weighted by Gasteiger charge is -2.36. The molecular formula is C17H21NO4. The highest BCUT2D eigenvalue weighted by atomic mass is 16.5. The Labute approximate surface area is 129 Å². The molecule has 2 aromatic rings. The summed E-state index contributed by atoms with van der Waals surface area (Å²) >= 11 is 0. The Bertz CT molecular complexity index is 752. The molecule has 1 aliphatic heterocycles. The van der Waals surface area contributed by atoms with Gasteiger partial charge in [0.1, 0.15) is 11.3 Å². The molecule has 1 saturated heterocycles. The standard InChI is InChI=1S/C17H21NO4/c1-10-9-21-11(2)7-18(10)8-13-6-16(20)22-17-12(3)15(19)5-4-14(13)17/h4-6,10-11,19H,7-9H2,1-3H3/t10-,11-/m1/s1. The molecule has 1 aromatic heterocycles. The summed E-state index contributed by atoms with van der Waals surface area (Å²) in [4.78, 5) is 14.2. The minimum Gasteiger partial charge on any atom is -0.508 e. The Morgan fingerprint density at radius 1 is 1.36 bits per heavy atom. The number of aromatic hydroxyl groups is 1. The number of phenolic OH excluding ortho intramolecular Hbond substituents is 1. The summed E-state index contributed by atoms with van der Waals surface area (Å²) in [6.45, 7) is 8.13. The van der Waals surface area contributed by atoms with Crippen molar-refractivity contribution in [1.29, 1.82) is 0 Å². The molecule has 1 aliphatic rings. The van der Waals surface area contributed by atoms with Crippen LogP contribution in [-0.2, 0) is 11.3 Å². The number of phenols is 1. The Balaban J connectivity index is 2.03. The van der Waals surface area contributed by atoms with Crippen LogP contribution in [-0.4, -0.2) is 35.3 Å². The molecule has 0 bridgehead atoms. The number of aryl methyl sites for hydroxylation is 1. The van der Waals surface area contributed by atoms with Crippen molar-refractivity contribution in [2.24, 2.45) is 0 Å². The minimum absolute atomic E-state index is 0.140. The molecule has 118 valence electrons. The van der Waals surface area contributed by atoms with Gasteiger partial charge in [-0.1, -0.05) is 0 Å². The zero-order chi connectivity index (χ0) is 15.9. The lowest BCUT2D eigenvalue weighted by atomic mass is 10.0. The van der Waals surface area contributed by atoms with E-state index in [1.165, 1.54) is 0 Å². The Hall–Kier alpha value is -1.85. The van der Waals surface area contributed by atoms with Crippen LogP contribution in [0.3, 0.4) is 0 Å². The van der Waals surface area contributed by atoms with E-state index in [-0.39, 0.29) is 17.5 Å². The fraction of sp³-hybridized carbons (Fsp3) is 0.471. The van der Waals surface area contributed by atoms with Crippen molar-refractivity contribution in [2.45, 2.75) is 39.5 Å². The Morgan fingerprint density at radius 3 is 2.91 bits per heavy atom. The summed E-state index contributed by atoms with van der Waals surface area (Å²) in [6.07, 6.45) is 0.188. The maximum Gasteiger partial charge on any atom is 0.336 e. The first-order valence-electron chi connectivity index (χ1n) is 7.56. The molecule has 0 amide bonds. The normalized spacial score (nSPS) is 23.0. The van der Waals surface area contributed by atoms with Crippen molar-refractivity contribution in [1.82, 2.24) is 4.90 Å². The number of fused-ring (bicyclic) bond motifs is 1. The molecule has 2 heterocycles. The number of ether oxygens (including phenoxy) is 1. The van der Waals surface area contributed by atoms with Crippen molar-refractivity contribution in [3.05, 3.63) is 39.7 Å². The van der Waals surface area contributed by atoms with Gasteiger partial charge in [-0.05, 0) is 38.5 Å². The van der Waals surface area contributed by atoms with Crippen LogP contribution >= 0.6 is 0 Å². The van der Waals surface area contributed by atoms with Gasteiger partial charge in [-0.3, -0.25) is 4.90 Å². The highest BCUT2D eigenvalue weighted by Gasteiger charge is 2.24. The fourth-order valence-corrected chi connectivity index (χ4v) is 2.96. The molecule has 5 heteroatoms. The molecule has 5 nitrogen and oxygen atoms in total. The summed E-state index contributed by atoms with van der Waals surface area (Å²) in [5.74, 6) is 0.140. The van der Waals surface area contributed by atoms with Gasteiger partial charge in [0, 0.05) is 36.1 Å². The van der Waals surface area contributed by atoms with E-state index in [0.717, 1.165) is 17.5 Å². The lowest BCUT2D eigenvalue weighted by Crippen LogP contribution is -2.46. The van der Waals surface area contributed by atoms with Gasteiger partial charge in [0.05, 0.1) is 12.7 Å². The number of benzene rings is 1. The van der Waals surface area contributed by atoms with E-state index in [2.05, 4.69) is 18.7 Å². The monoisotopic (exact) mass is 303 g/mol. The van der Waals surface area contributed by atoms with Crippen LogP contribution in [0.4, 0.5) is 0 Å². The van der Waals surface area contributed by atoms with Gasteiger partial charge in [0.15, 0.2) is 0 Å². The molecule has 0 spiro atoms. The third kappa shape index (κ3) is 2.74. The van der Waals surface area contributed by atoms with Crippen molar-refractivity contribution in [3.63, 3.8) is 0 Å². The number of rotatable bonds is 2. The second-order valence-corrected chi connectivity index (χ2v) is 6.10. The number of hydrogen-bond acceptors (Lipinski definition) is 5. The third-order valence-corrected chi connectivity index (χ3v) is 4.33. The van der Waals surface area contributed by atoms with E-state index >= 15 is 0 Å². The summed E-state index contributed by atoms with van der Waals surface area (Å²) in [5.41, 5.74) is 1.61. The predicted molar refractivity (Wildman–Crippen MR) is 84.2 cm³/mol. The molecule has 3 rings (SSSR count). The fourth-order valence-electron chi connectivity index (χ4n) is 2.96. The molecule has 0 aliphatic carbocycles. The molecule has 0 radical (unpaired) electrons. The van der Waals surface area contributed by atoms with E-state index in [4.69, 9.17) is 9.15 Å². The van der Waals surface area contributed by atoms with Gasteiger partial charge in [-0.25, -0.2) is 4.79 Å². The number of hydrogen-bond donors (Lipinski definition) is 1. The van der Waals surface area contributed by atoms with Crippen molar-refractivity contribution >= 4 is 11.0 Å². The average molecular weight is 303 g/mol. The summed E-state index contributed by atoms with van der Waals surface area (Å²) in [6, 6.07) is 5.31. The van der Waals surface area contributed by atoms with Crippen LogP contribution in [0.2, 0.25) is 0 Å². The Kier molecular flexibility index (Phi) is 3.93. The zero-order valence-corrected chi connectivity index (χ0v) is 13.1. The molecule has 2 atom stereocenters. The van der Waals surface area contributed by atoms with E-state index in [0.29, 0.717) is 30.3 Å². The summed E-state index contributed by atoms with van der Waals surface area (Å²) in [7, 11) is 0. The van der Waals surface area contributed by atoms with E-state index in [1.54, 1.807) is 19.1 Å². The molecule has 1 fully saturated rings. The van der Waals surface area contributed by atoms with Gasteiger partial charge >= 0.3 is 5.63 Å². The van der Waals surface area contributed by atoms with E-state index in [1.807, 2.05) is 6.07 Å². The second kappa shape index (κ2) is 5.74. The summed E-state index contributed by atoms with van der Waals surface area (Å²) < 4.78 is 10.9. The van der Waals surface area contributed by atoms with Crippen LogP contribution in [0.1, 0.15) is 25.0 Å². The Morgan fingerprint density at radius 2 is 2.14 bits per heavy atom. The molecule has 1 N–H and O–H groups in total. The van der Waals surface area contributed by atoms with Crippen LogP contribution in [0.15, 0.2) is 27.4 Å². The first kappa shape index (κ1) is 15.1. The number of morpholine rings is 1. The van der Waals surface area contributed by atoms with Crippen LogP contribution in [0.5, 0.6) is 5.75 Å². The van der Waals surface area contributed by atoms with Gasteiger partial charge in [0.2, 0.25) is 0 Å². The zero-order valence-electron chi connectivity index (χ0n) is 13.1. The predicted octanol–water partition coefficient (Wildman–Crippen LogP) is 2.42. The van der Waals surface area contributed by atoms with Gasteiger partial charge in [0.25, 0.3) is 0 Å². The van der Waals surface area contributed by atoms with E-state index < -0.39 is 0 Å². The highest BCUT2D eigenvalue weighted by Crippen LogP contribution is 2.28. The average Bonchev–Trinajstić information content (AvgIpc) is 2.47. The quantitative estimate of drug-likeness (QED) is 0.863. The third-order valence-electron chi connectivity index (χ3n) is 4.33. The van der Waals surface area contributed by atoms with Crippen molar-refractivity contribution in [2.75, 3.05) is 13.2 Å². The molecule has 1 aromatic carbocycles. The van der Waals surface area contributed by atoms with Gasteiger partial charge < -0.3 is 14.3 Å². The smallest absolute Gasteiger partial charge is 0.336 e. The van der Waals surface area contributed by atoms with Gasteiger partial charge in [-0.15, -0.1) is 0 Å².